The molecule has 3 rings (SSSR count). The minimum Gasteiger partial charge on any atom is -0.350 e. The molecule has 0 saturated carbocycles. The van der Waals surface area contributed by atoms with Crippen LogP contribution in [0.4, 0.5) is 4.39 Å². The van der Waals surface area contributed by atoms with E-state index in [0.717, 1.165) is 11.3 Å². The van der Waals surface area contributed by atoms with Crippen LogP contribution in [0.2, 0.25) is 0 Å². The van der Waals surface area contributed by atoms with Crippen LogP contribution in [0.15, 0.2) is 48.7 Å². The lowest BCUT2D eigenvalue weighted by Gasteiger charge is -2.04. The fourth-order valence-electron chi connectivity index (χ4n) is 2.36. The van der Waals surface area contributed by atoms with Crippen molar-refractivity contribution in [3.8, 4) is 0 Å². The molecule has 0 fully saturated rings. The second-order valence-electron chi connectivity index (χ2n) is 5.12. The van der Waals surface area contributed by atoms with Crippen molar-refractivity contribution in [1.82, 2.24) is 14.7 Å². The van der Waals surface area contributed by atoms with Crippen molar-refractivity contribution in [2.45, 2.75) is 13.3 Å². The van der Waals surface area contributed by atoms with Gasteiger partial charge in [-0.05, 0) is 37.1 Å². The van der Waals surface area contributed by atoms with Crippen LogP contribution in [-0.4, -0.2) is 21.8 Å². The van der Waals surface area contributed by atoms with Crippen LogP contribution < -0.4 is 5.32 Å². The molecule has 0 aliphatic carbocycles. The van der Waals surface area contributed by atoms with Gasteiger partial charge in [0.15, 0.2) is 0 Å². The molecule has 22 heavy (non-hydrogen) atoms. The van der Waals surface area contributed by atoms with E-state index in [-0.39, 0.29) is 11.7 Å². The normalized spacial score (nSPS) is 10.8. The van der Waals surface area contributed by atoms with Gasteiger partial charge in [-0.15, -0.1) is 0 Å². The van der Waals surface area contributed by atoms with Gasteiger partial charge in [-0.25, -0.2) is 9.37 Å². The number of hydrogen-bond donors (Lipinski definition) is 1. The molecule has 0 bridgehead atoms. The van der Waals surface area contributed by atoms with Crippen LogP contribution in [0, 0.1) is 12.7 Å². The summed E-state index contributed by atoms with van der Waals surface area (Å²) in [5, 5.41) is 2.77. The molecule has 3 aromatic rings. The van der Waals surface area contributed by atoms with E-state index in [1.54, 1.807) is 24.4 Å². The Balaban J connectivity index is 1.66. The van der Waals surface area contributed by atoms with Crippen molar-refractivity contribution in [1.29, 1.82) is 0 Å². The summed E-state index contributed by atoms with van der Waals surface area (Å²) in [6, 6.07) is 12.3. The molecule has 1 aromatic carbocycles. The number of aryl methyl sites for hydroxylation is 1. The molecule has 0 spiro atoms. The third-order valence-electron chi connectivity index (χ3n) is 3.57. The van der Waals surface area contributed by atoms with Gasteiger partial charge in [0.1, 0.15) is 17.2 Å². The molecular weight excluding hydrogens is 281 g/mol. The summed E-state index contributed by atoms with van der Waals surface area (Å²) >= 11 is 0. The van der Waals surface area contributed by atoms with Crippen molar-refractivity contribution in [2.24, 2.45) is 0 Å². The van der Waals surface area contributed by atoms with Gasteiger partial charge in [0.2, 0.25) is 0 Å². The van der Waals surface area contributed by atoms with Gasteiger partial charge in [-0.3, -0.25) is 4.79 Å². The molecule has 1 amide bonds. The number of carbonyl (C=O) groups is 1. The standard InChI is InChI=1S/C17H16FN3O/c1-12-5-4-8-16-20-15(11-21(12)16)17(22)19-10-9-13-6-2-3-7-14(13)18/h2-8,11H,9-10H2,1H3,(H,19,22). The lowest BCUT2D eigenvalue weighted by atomic mass is 10.1. The molecule has 0 unspecified atom stereocenters. The van der Waals surface area contributed by atoms with E-state index in [2.05, 4.69) is 10.3 Å². The second kappa shape index (κ2) is 5.97. The monoisotopic (exact) mass is 297 g/mol. The number of pyridine rings is 1. The molecule has 2 aromatic heterocycles. The van der Waals surface area contributed by atoms with E-state index in [4.69, 9.17) is 0 Å². The van der Waals surface area contributed by atoms with Crippen LogP contribution in [0.25, 0.3) is 5.65 Å². The minimum absolute atomic E-state index is 0.250. The minimum atomic E-state index is -0.251. The Morgan fingerprint density at radius 1 is 1.23 bits per heavy atom. The molecule has 0 saturated heterocycles. The van der Waals surface area contributed by atoms with Crippen LogP contribution in [0.5, 0.6) is 0 Å². The fourth-order valence-corrected chi connectivity index (χ4v) is 2.36. The number of nitrogens with one attached hydrogen (secondary N) is 1. The number of carbonyl (C=O) groups excluding carboxylic acids is 1. The largest absolute Gasteiger partial charge is 0.350 e. The van der Waals surface area contributed by atoms with Crippen molar-refractivity contribution < 1.29 is 9.18 Å². The third kappa shape index (κ3) is 2.83. The number of amides is 1. The molecule has 5 heteroatoms. The topological polar surface area (TPSA) is 46.4 Å². The van der Waals surface area contributed by atoms with E-state index < -0.39 is 0 Å². The zero-order valence-electron chi connectivity index (χ0n) is 12.2. The van der Waals surface area contributed by atoms with Gasteiger partial charge >= 0.3 is 0 Å². The molecule has 1 N–H and O–H groups in total. The lowest BCUT2D eigenvalue weighted by Crippen LogP contribution is -2.26. The highest BCUT2D eigenvalue weighted by atomic mass is 19.1. The van der Waals surface area contributed by atoms with Crippen LogP contribution >= 0.6 is 0 Å². The van der Waals surface area contributed by atoms with E-state index in [1.807, 2.05) is 29.5 Å². The van der Waals surface area contributed by atoms with Gasteiger partial charge in [0.05, 0.1) is 0 Å². The Labute approximate surface area is 127 Å². The predicted octanol–water partition coefficient (Wildman–Crippen LogP) is 2.75. The maximum Gasteiger partial charge on any atom is 0.271 e. The van der Waals surface area contributed by atoms with Gasteiger partial charge in [0, 0.05) is 18.4 Å². The van der Waals surface area contributed by atoms with Crippen LogP contribution in [-0.2, 0) is 6.42 Å². The van der Waals surface area contributed by atoms with Crippen LogP contribution in [0.3, 0.4) is 0 Å². The number of fused-ring (bicyclic) bond motifs is 1. The summed E-state index contributed by atoms with van der Waals surface area (Å²) in [4.78, 5) is 16.4. The average molecular weight is 297 g/mol. The molecule has 2 heterocycles. The number of rotatable bonds is 4. The molecule has 112 valence electrons. The highest BCUT2D eigenvalue weighted by Crippen LogP contribution is 2.09. The summed E-state index contributed by atoms with van der Waals surface area (Å²) < 4.78 is 15.4. The molecular formula is C17H16FN3O. The number of imidazole rings is 1. The first-order valence-corrected chi connectivity index (χ1v) is 7.11. The Morgan fingerprint density at radius 3 is 2.82 bits per heavy atom. The van der Waals surface area contributed by atoms with Crippen molar-refractivity contribution in [2.75, 3.05) is 6.54 Å². The summed E-state index contributed by atoms with van der Waals surface area (Å²) in [7, 11) is 0. The van der Waals surface area contributed by atoms with Crippen molar-refractivity contribution in [3.63, 3.8) is 0 Å². The van der Waals surface area contributed by atoms with Gasteiger partial charge in [0.25, 0.3) is 5.91 Å². The first-order valence-electron chi connectivity index (χ1n) is 7.11. The summed E-state index contributed by atoms with van der Waals surface area (Å²) in [6.07, 6.45) is 2.16. The Morgan fingerprint density at radius 2 is 2.05 bits per heavy atom. The second-order valence-corrected chi connectivity index (χ2v) is 5.12. The maximum atomic E-state index is 13.5. The zero-order chi connectivity index (χ0) is 15.5. The van der Waals surface area contributed by atoms with E-state index >= 15 is 0 Å². The molecule has 0 radical (unpaired) electrons. The van der Waals surface area contributed by atoms with Crippen molar-refractivity contribution in [3.05, 3.63) is 71.4 Å². The van der Waals surface area contributed by atoms with Gasteiger partial charge in [-0.1, -0.05) is 24.3 Å². The number of benzene rings is 1. The maximum absolute atomic E-state index is 13.5. The Hall–Kier alpha value is -2.69. The number of hydrogen-bond acceptors (Lipinski definition) is 2. The van der Waals surface area contributed by atoms with E-state index in [9.17, 15) is 9.18 Å². The predicted molar refractivity (Wildman–Crippen MR) is 82.4 cm³/mol. The molecule has 0 aliphatic rings. The number of nitrogens with zero attached hydrogens (tertiary/aromatic N) is 2. The SMILES string of the molecule is Cc1cccc2nc(C(=O)NCCc3ccccc3F)cn12. The highest BCUT2D eigenvalue weighted by Gasteiger charge is 2.11. The van der Waals surface area contributed by atoms with Gasteiger partial charge < -0.3 is 9.72 Å². The first kappa shape index (κ1) is 14.3. The molecule has 0 atom stereocenters. The fraction of sp³-hybridized carbons (Fsp3) is 0.176. The van der Waals surface area contributed by atoms with E-state index in [1.165, 1.54) is 6.07 Å². The van der Waals surface area contributed by atoms with E-state index in [0.29, 0.717) is 24.2 Å². The quantitative estimate of drug-likeness (QED) is 0.805. The first-order chi connectivity index (χ1) is 10.6. The smallest absolute Gasteiger partial charge is 0.271 e. The number of aromatic nitrogens is 2. The van der Waals surface area contributed by atoms with Crippen LogP contribution in [0.1, 0.15) is 21.7 Å². The average Bonchev–Trinajstić information content (AvgIpc) is 2.95. The lowest BCUT2D eigenvalue weighted by molar-refractivity contribution is 0.0949. The van der Waals surface area contributed by atoms with Gasteiger partial charge in [-0.2, -0.15) is 0 Å². The highest BCUT2D eigenvalue weighted by molar-refractivity contribution is 5.92. The summed E-state index contributed by atoms with van der Waals surface area (Å²) in [6.45, 7) is 2.32. The third-order valence-corrected chi connectivity index (χ3v) is 3.57. The Bertz CT molecular complexity index is 826. The molecule has 4 nitrogen and oxygen atoms in total. The number of halogens is 1. The zero-order valence-corrected chi connectivity index (χ0v) is 12.2. The summed E-state index contributed by atoms with van der Waals surface area (Å²) in [5.41, 5.74) is 2.70. The van der Waals surface area contributed by atoms with Crippen molar-refractivity contribution >= 4 is 11.6 Å². The molecule has 0 aliphatic heterocycles. The Kier molecular flexibility index (Phi) is 3.87. The summed E-state index contributed by atoms with van der Waals surface area (Å²) in [5.74, 6) is -0.500.